The fraction of sp³-hybridized carbons (Fsp3) is 0.286. The molecule has 0 saturated carbocycles. The summed E-state index contributed by atoms with van der Waals surface area (Å²) in [5.41, 5.74) is -0.852. The van der Waals surface area contributed by atoms with E-state index < -0.39 is 23.8 Å². The number of carbonyl (C=O) groups excluding carboxylic acids is 1. The van der Waals surface area contributed by atoms with Gasteiger partial charge in [-0.25, -0.2) is 29.1 Å². The number of benzene rings is 1. The minimum atomic E-state index is -4.57. The maximum absolute atomic E-state index is 13.8. The van der Waals surface area contributed by atoms with Crippen molar-refractivity contribution in [1.29, 1.82) is 0 Å². The number of aromatic nitrogens is 4. The maximum Gasteiger partial charge on any atom is 0.434 e. The standard InChI is InChI=1S/C21H18F4N6O2/c22-13-4-5-16(15(9-13)19-26-6-2-7-27-19)33-20(32)31-8-1-3-14(12-31)30-18-11-28-17(10-29-18)21(23,24)25/h2,4-7,9-11,14H,1,3,8,12H2,(H,29,30). The summed E-state index contributed by atoms with van der Waals surface area (Å²) in [5.74, 6) is -0.0439. The van der Waals surface area contributed by atoms with Gasteiger partial charge in [0.05, 0.1) is 18.0 Å². The zero-order valence-corrected chi connectivity index (χ0v) is 17.1. The Morgan fingerprint density at radius 3 is 2.61 bits per heavy atom. The molecule has 0 aliphatic carbocycles. The van der Waals surface area contributed by atoms with E-state index in [4.69, 9.17) is 4.74 Å². The van der Waals surface area contributed by atoms with Crippen LogP contribution < -0.4 is 10.1 Å². The second-order valence-corrected chi connectivity index (χ2v) is 7.29. The van der Waals surface area contributed by atoms with E-state index >= 15 is 0 Å². The molecule has 1 atom stereocenters. The van der Waals surface area contributed by atoms with Gasteiger partial charge in [-0.05, 0) is 37.1 Å². The van der Waals surface area contributed by atoms with Gasteiger partial charge in [-0.15, -0.1) is 0 Å². The Morgan fingerprint density at radius 2 is 1.91 bits per heavy atom. The lowest BCUT2D eigenvalue weighted by atomic mass is 10.1. The van der Waals surface area contributed by atoms with Gasteiger partial charge in [-0.3, -0.25) is 0 Å². The molecule has 1 aliphatic heterocycles. The molecule has 33 heavy (non-hydrogen) atoms. The van der Waals surface area contributed by atoms with E-state index in [2.05, 4.69) is 25.3 Å². The van der Waals surface area contributed by atoms with Crippen LogP contribution in [0.4, 0.5) is 28.2 Å². The summed E-state index contributed by atoms with van der Waals surface area (Å²) in [5, 5.41) is 2.99. The first-order chi connectivity index (χ1) is 15.8. The number of rotatable bonds is 4. The van der Waals surface area contributed by atoms with E-state index in [1.807, 2.05) is 0 Å². The van der Waals surface area contributed by atoms with Gasteiger partial charge in [-0.2, -0.15) is 13.2 Å². The van der Waals surface area contributed by atoms with Crippen molar-refractivity contribution in [2.24, 2.45) is 0 Å². The fourth-order valence-corrected chi connectivity index (χ4v) is 3.38. The fourth-order valence-electron chi connectivity index (χ4n) is 3.38. The van der Waals surface area contributed by atoms with E-state index in [0.29, 0.717) is 25.6 Å². The van der Waals surface area contributed by atoms with Crippen molar-refractivity contribution in [2.75, 3.05) is 18.4 Å². The van der Waals surface area contributed by atoms with Crippen LogP contribution in [-0.2, 0) is 6.18 Å². The minimum Gasteiger partial charge on any atom is -0.409 e. The Bertz CT molecular complexity index is 1110. The third-order valence-electron chi connectivity index (χ3n) is 4.92. The van der Waals surface area contributed by atoms with Crippen LogP contribution in [0.2, 0.25) is 0 Å². The lowest BCUT2D eigenvalue weighted by molar-refractivity contribution is -0.141. The molecule has 1 unspecified atom stereocenters. The first-order valence-corrected chi connectivity index (χ1v) is 9.99. The largest absolute Gasteiger partial charge is 0.434 e. The molecule has 0 spiro atoms. The molecule has 2 aromatic heterocycles. The number of nitrogens with zero attached hydrogens (tertiary/aromatic N) is 5. The highest BCUT2D eigenvalue weighted by Gasteiger charge is 2.33. The third kappa shape index (κ3) is 5.51. The summed E-state index contributed by atoms with van der Waals surface area (Å²) in [7, 11) is 0. The SMILES string of the molecule is O=C(Oc1ccc(F)cc1-c1ncccn1)N1CCCC(Nc2cnc(C(F)(F)F)cn2)C1. The Morgan fingerprint density at radius 1 is 1.12 bits per heavy atom. The summed E-state index contributed by atoms with van der Waals surface area (Å²) in [6.07, 6.45) is 0.729. The van der Waals surface area contributed by atoms with E-state index in [0.717, 1.165) is 6.20 Å². The molecule has 1 N–H and O–H groups in total. The number of alkyl halides is 3. The molecule has 1 amide bonds. The highest BCUT2D eigenvalue weighted by Crippen LogP contribution is 2.29. The quantitative estimate of drug-likeness (QED) is 0.582. The smallest absolute Gasteiger partial charge is 0.409 e. The molecule has 0 bridgehead atoms. The van der Waals surface area contributed by atoms with Crippen LogP contribution >= 0.6 is 0 Å². The van der Waals surface area contributed by atoms with Gasteiger partial charge in [0.25, 0.3) is 0 Å². The van der Waals surface area contributed by atoms with Crippen molar-refractivity contribution in [3.05, 3.63) is 60.6 Å². The van der Waals surface area contributed by atoms with Crippen LogP contribution in [0.3, 0.4) is 0 Å². The Hall–Kier alpha value is -3.83. The predicted molar refractivity (Wildman–Crippen MR) is 109 cm³/mol. The lowest BCUT2D eigenvalue weighted by Gasteiger charge is -2.32. The number of piperidine rings is 1. The summed E-state index contributed by atoms with van der Waals surface area (Å²) in [4.78, 5) is 29.5. The van der Waals surface area contributed by atoms with Crippen LogP contribution in [0.15, 0.2) is 49.1 Å². The maximum atomic E-state index is 13.8. The minimum absolute atomic E-state index is 0.108. The lowest BCUT2D eigenvalue weighted by Crippen LogP contribution is -2.46. The van der Waals surface area contributed by atoms with Crippen LogP contribution in [0.1, 0.15) is 18.5 Å². The van der Waals surface area contributed by atoms with Gasteiger partial charge in [0, 0.05) is 31.5 Å². The first kappa shape index (κ1) is 22.4. The number of amides is 1. The predicted octanol–water partition coefficient (Wildman–Crippen LogP) is 4.17. The average molecular weight is 462 g/mol. The van der Waals surface area contributed by atoms with E-state index in [-0.39, 0.29) is 35.5 Å². The van der Waals surface area contributed by atoms with Gasteiger partial charge >= 0.3 is 12.3 Å². The Kier molecular flexibility index (Phi) is 6.33. The molecular weight excluding hydrogens is 444 g/mol. The number of hydrogen-bond donors (Lipinski definition) is 1. The van der Waals surface area contributed by atoms with Crippen LogP contribution in [0, 0.1) is 5.82 Å². The Balaban J connectivity index is 1.43. The summed E-state index contributed by atoms with van der Waals surface area (Å²) < 4.78 is 57.2. The average Bonchev–Trinajstić information content (AvgIpc) is 2.81. The molecule has 0 radical (unpaired) electrons. The first-order valence-electron chi connectivity index (χ1n) is 9.99. The molecule has 1 saturated heterocycles. The summed E-state index contributed by atoms with van der Waals surface area (Å²) in [6, 6.07) is 5.02. The molecule has 12 heteroatoms. The van der Waals surface area contributed by atoms with E-state index in [1.54, 1.807) is 6.07 Å². The number of nitrogens with one attached hydrogen (secondary N) is 1. The zero-order chi connectivity index (χ0) is 23.4. The molecule has 1 aromatic carbocycles. The van der Waals surface area contributed by atoms with Gasteiger partial charge in [0.2, 0.25) is 0 Å². The van der Waals surface area contributed by atoms with Gasteiger partial charge < -0.3 is 15.0 Å². The van der Waals surface area contributed by atoms with Crippen LogP contribution in [0.5, 0.6) is 5.75 Å². The molecular formula is C21H18F4N6O2. The van der Waals surface area contributed by atoms with E-state index in [9.17, 15) is 22.4 Å². The van der Waals surface area contributed by atoms with Gasteiger partial charge in [0.1, 0.15) is 17.4 Å². The normalized spacial score (nSPS) is 16.4. The molecule has 8 nitrogen and oxygen atoms in total. The second kappa shape index (κ2) is 9.35. The second-order valence-electron chi connectivity index (χ2n) is 7.29. The topological polar surface area (TPSA) is 93.1 Å². The number of hydrogen-bond acceptors (Lipinski definition) is 7. The number of likely N-dealkylation sites (tertiary alicyclic amines) is 1. The highest BCUT2D eigenvalue weighted by atomic mass is 19.4. The van der Waals surface area contributed by atoms with Crippen molar-refractivity contribution < 1.29 is 27.1 Å². The third-order valence-corrected chi connectivity index (χ3v) is 4.92. The molecule has 3 aromatic rings. The molecule has 172 valence electrons. The van der Waals surface area contributed by atoms with Gasteiger partial charge in [0.15, 0.2) is 11.5 Å². The van der Waals surface area contributed by atoms with Crippen molar-refractivity contribution in [3.8, 4) is 17.1 Å². The van der Waals surface area contributed by atoms with Crippen molar-refractivity contribution >= 4 is 11.9 Å². The number of ether oxygens (including phenoxy) is 1. The van der Waals surface area contributed by atoms with Crippen LogP contribution in [0.25, 0.3) is 11.4 Å². The van der Waals surface area contributed by atoms with Crippen molar-refractivity contribution in [2.45, 2.75) is 25.1 Å². The highest BCUT2D eigenvalue weighted by molar-refractivity contribution is 5.75. The molecule has 4 rings (SSSR count). The van der Waals surface area contributed by atoms with Crippen LogP contribution in [-0.4, -0.2) is 50.1 Å². The Labute approximate surface area is 185 Å². The molecule has 1 aliphatic rings. The van der Waals surface area contributed by atoms with Gasteiger partial charge in [-0.1, -0.05) is 0 Å². The van der Waals surface area contributed by atoms with Crippen molar-refractivity contribution in [1.82, 2.24) is 24.8 Å². The van der Waals surface area contributed by atoms with E-state index in [1.165, 1.54) is 35.5 Å². The molecule has 1 fully saturated rings. The number of halogens is 4. The number of anilines is 1. The summed E-state index contributed by atoms with van der Waals surface area (Å²) in [6.45, 7) is 0.661. The zero-order valence-electron chi connectivity index (χ0n) is 17.1. The van der Waals surface area contributed by atoms with Crippen molar-refractivity contribution in [3.63, 3.8) is 0 Å². The monoisotopic (exact) mass is 462 g/mol. The molecule has 3 heterocycles. The summed E-state index contributed by atoms with van der Waals surface area (Å²) >= 11 is 0. The number of carbonyl (C=O) groups is 1.